The lowest BCUT2D eigenvalue weighted by atomic mass is 10.2. The summed E-state index contributed by atoms with van der Waals surface area (Å²) >= 11 is 0. The predicted molar refractivity (Wildman–Crippen MR) is 100 cm³/mol. The van der Waals surface area contributed by atoms with E-state index in [0.717, 1.165) is 43.5 Å². The Morgan fingerprint density at radius 1 is 1.28 bits per heavy atom. The summed E-state index contributed by atoms with van der Waals surface area (Å²) in [6.45, 7) is 6.02. The summed E-state index contributed by atoms with van der Waals surface area (Å²) in [6, 6.07) is 10.6. The molecule has 1 aliphatic rings. The van der Waals surface area contributed by atoms with Gasteiger partial charge >= 0.3 is 0 Å². The van der Waals surface area contributed by atoms with Gasteiger partial charge in [-0.1, -0.05) is 18.2 Å². The van der Waals surface area contributed by atoms with Gasteiger partial charge in [0.1, 0.15) is 0 Å². The normalized spacial score (nSPS) is 13.5. The molecule has 0 fully saturated rings. The molecule has 1 N–H and O–H groups in total. The van der Waals surface area contributed by atoms with Crippen LogP contribution in [0.25, 0.3) is 5.69 Å². The van der Waals surface area contributed by atoms with Crippen LogP contribution < -0.4 is 5.32 Å². The Labute approximate surface area is 150 Å². The number of amides is 1. The third-order valence-corrected chi connectivity index (χ3v) is 5.00. The number of fused-ring (bicyclic) bond motifs is 1. The molecule has 134 valence electrons. The van der Waals surface area contributed by atoms with E-state index in [1.807, 2.05) is 35.0 Å². The summed E-state index contributed by atoms with van der Waals surface area (Å²) in [7, 11) is 2.11. The first-order chi connectivity index (χ1) is 12.1. The van der Waals surface area contributed by atoms with Gasteiger partial charge in [0.2, 0.25) is 0 Å². The molecule has 5 heteroatoms. The van der Waals surface area contributed by atoms with Gasteiger partial charge in [0.25, 0.3) is 5.91 Å². The summed E-state index contributed by atoms with van der Waals surface area (Å²) in [5.41, 5.74) is 3.95. The van der Waals surface area contributed by atoms with Gasteiger partial charge in [0.15, 0.2) is 5.69 Å². The van der Waals surface area contributed by atoms with Gasteiger partial charge in [-0.05, 0) is 65.3 Å². The van der Waals surface area contributed by atoms with Crippen LogP contribution in [0.4, 0.5) is 0 Å². The van der Waals surface area contributed by atoms with Gasteiger partial charge in [-0.3, -0.25) is 4.79 Å². The first kappa shape index (κ1) is 17.7. The van der Waals surface area contributed by atoms with E-state index in [0.29, 0.717) is 18.3 Å². The Hall–Kier alpha value is -2.14. The highest BCUT2D eigenvalue weighted by Gasteiger charge is 2.26. The van der Waals surface area contributed by atoms with Crippen LogP contribution in [0.15, 0.2) is 30.3 Å². The van der Waals surface area contributed by atoms with Crippen molar-refractivity contribution in [3.63, 3.8) is 0 Å². The standard InChI is InChI=1S/C20H28N4O/c1-15(2)23(3)14-8-13-21-20(25)19-17-11-7-12-18(17)24(22-19)16-9-5-4-6-10-16/h4-6,9-10,15H,7-8,11-14H2,1-3H3,(H,21,25). The number of nitrogens with zero attached hydrogens (tertiary/aromatic N) is 3. The zero-order valence-corrected chi connectivity index (χ0v) is 15.5. The van der Waals surface area contributed by atoms with E-state index in [4.69, 9.17) is 0 Å². The summed E-state index contributed by atoms with van der Waals surface area (Å²) in [4.78, 5) is 14.9. The molecule has 0 saturated carbocycles. The molecule has 5 nitrogen and oxygen atoms in total. The Balaban J connectivity index is 1.67. The van der Waals surface area contributed by atoms with Gasteiger partial charge < -0.3 is 10.2 Å². The van der Waals surface area contributed by atoms with Crippen LogP contribution in [-0.4, -0.2) is 46.8 Å². The number of hydrogen-bond donors (Lipinski definition) is 1. The highest BCUT2D eigenvalue weighted by atomic mass is 16.1. The molecule has 1 aromatic carbocycles. The van der Waals surface area contributed by atoms with E-state index in [1.54, 1.807) is 0 Å². The lowest BCUT2D eigenvalue weighted by molar-refractivity contribution is 0.0945. The number of rotatable bonds is 7. The number of hydrogen-bond acceptors (Lipinski definition) is 3. The largest absolute Gasteiger partial charge is 0.351 e. The van der Waals surface area contributed by atoms with Gasteiger partial charge in [0.05, 0.1) is 5.69 Å². The van der Waals surface area contributed by atoms with E-state index in [9.17, 15) is 4.79 Å². The smallest absolute Gasteiger partial charge is 0.272 e. The SMILES string of the molecule is CC(C)N(C)CCCNC(=O)c1nn(-c2ccccc2)c2c1CCC2. The zero-order valence-electron chi connectivity index (χ0n) is 15.5. The van der Waals surface area contributed by atoms with E-state index < -0.39 is 0 Å². The molecule has 0 saturated heterocycles. The van der Waals surface area contributed by atoms with Crippen LogP contribution in [0, 0.1) is 0 Å². The average molecular weight is 340 g/mol. The van der Waals surface area contributed by atoms with Crippen LogP contribution in [0.2, 0.25) is 0 Å². The monoisotopic (exact) mass is 340 g/mol. The van der Waals surface area contributed by atoms with Crippen molar-refractivity contribution >= 4 is 5.91 Å². The maximum Gasteiger partial charge on any atom is 0.272 e. The molecule has 0 spiro atoms. The molecule has 0 atom stereocenters. The fraction of sp³-hybridized carbons (Fsp3) is 0.500. The number of carbonyl (C=O) groups is 1. The fourth-order valence-corrected chi connectivity index (χ4v) is 3.27. The molecule has 0 unspecified atom stereocenters. The van der Waals surface area contributed by atoms with Crippen molar-refractivity contribution in [1.29, 1.82) is 0 Å². The third-order valence-electron chi connectivity index (χ3n) is 5.00. The Bertz CT molecular complexity index is 721. The lowest BCUT2D eigenvalue weighted by Crippen LogP contribution is -2.31. The van der Waals surface area contributed by atoms with E-state index in [-0.39, 0.29) is 5.91 Å². The summed E-state index contributed by atoms with van der Waals surface area (Å²) in [6.07, 6.45) is 3.98. The van der Waals surface area contributed by atoms with E-state index in [2.05, 4.69) is 36.2 Å². The average Bonchev–Trinajstić information content (AvgIpc) is 3.21. The van der Waals surface area contributed by atoms with E-state index >= 15 is 0 Å². The van der Waals surface area contributed by atoms with Crippen LogP contribution in [0.1, 0.15) is 48.4 Å². The van der Waals surface area contributed by atoms with Crippen LogP contribution in [-0.2, 0) is 12.8 Å². The van der Waals surface area contributed by atoms with Crippen molar-refractivity contribution < 1.29 is 4.79 Å². The molecule has 1 aliphatic carbocycles. The lowest BCUT2D eigenvalue weighted by Gasteiger charge is -2.20. The summed E-state index contributed by atoms with van der Waals surface area (Å²) in [5.74, 6) is -0.0416. The Kier molecular flexibility index (Phi) is 5.53. The fourth-order valence-electron chi connectivity index (χ4n) is 3.27. The molecular weight excluding hydrogens is 312 g/mol. The topological polar surface area (TPSA) is 50.2 Å². The first-order valence-corrected chi connectivity index (χ1v) is 9.22. The number of para-hydroxylation sites is 1. The molecule has 2 aromatic rings. The number of carbonyl (C=O) groups excluding carboxylic acids is 1. The van der Waals surface area contributed by atoms with Gasteiger partial charge in [-0.25, -0.2) is 4.68 Å². The zero-order chi connectivity index (χ0) is 17.8. The van der Waals surface area contributed by atoms with Crippen molar-refractivity contribution in [3.8, 4) is 5.69 Å². The molecule has 0 bridgehead atoms. The third kappa shape index (κ3) is 3.93. The molecule has 3 rings (SSSR count). The minimum Gasteiger partial charge on any atom is -0.351 e. The Morgan fingerprint density at radius 2 is 2.04 bits per heavy atom. The maximum atomic E-state index is 12.6. The van der Waals surface area contributed by atoms with E-state index in [1.165, 1.54) is 5.69 Å². The predicted octanol–water partition coefficient (Wildman–Crippen LogP) is 2.82. The highest BCUT2D eigenvalue weighted by Crippen LogP contribution is 2.27. The first-order valence-electron chi connectivity index (χ1n) is 9.22. The second-order valence-electron chi connectivity index (χ2n) is 7.06. The molecule has 25 heavy (non-hydrogen) atoms. The molecule has 0 radical (unpaired) electrons. The second-order valence-corrected chi connectivity index (χ2v) is 7.06. The summed E-state index contributed by atoms with van der Waals surface area (Å²) in [5, 5.41) is 7.68. The maximum absolute atomic E-state index is 12.6. The van der Waals surface area contributed by atoms with Gasteiger partial charge in [-0.15, -0.1) is 0 Å². The van der Waals surface area contributed by atoms with Crippen molar-refractivity contribution in [2.75, 3.05) is 20.1 Å². The molecule has 0 aliphatic heterocycles. The van der Waals surface area contributed by atoms with Crippen LogP contribution in [0.5, 0.6) is 0 Å². The highest BCUT2D eigenvalue weighted by molar-refractivity contribution is 5.94. The molecule has 1 heterocycles. The van der Waals surface area contributed by atoms with Gasteiger partial charge in [-0.2, -0.15) is 5.10 Å². The number of aromatic nitrogens is 2. The van der Waals surface area contributed by atoms with Crippen LogP contribution in [0.3, 0.4) is 0 Å². The van der Waals surface area contributed by atoms with Crippen molar-refractivity contribution in [1.82, 2.24) is 20.0 Å². The minimum absolute atomic E-state index is 0.0416. The second kappa shape index (κ2) is 7.83. The molecule has 1 amide bonds. The number of nitrogens with one attached hydrogen (secondary N) is 1. The Morgan fingerprint density at radius 3 is 2.76 bits per heavy atom. The summed E-state index contributed by atoms with van der Waals surface area (Å²) < 4.78 is 1.95. The number of benzene rings is 1. The van der Waals surface area contributed by atoms with Gasteiger partial charge in [0, 0.05) is 23.8 Å². The van der Waals surface area contributed by atoms with Crippen molar-refractivity contribution in [3.05, 3.63) is 47.3 Å². The quantitative estimate of drug-likeness (QED) is 0.789. The van der Waals surface area contributed by atoms with Crippen molar-refractivity contribution in [2.24, 2.45) is 0 Å². The minimum atomic E-state index is -0.0416. The molecule has 1 aromatic heterocycles. The molecular formula is C20H28N4O. The van der Waals surface area contributed by atoms with Crippen molar-refractivity contribution in [2.45, 2.75) is 45.6 Å². The van der Waals surface area contributed by atoms with Crippen LogP contribution >= 0.6 is 0 Å².